The second-order valence-corrected chi connectivity index (χ2v) is 9.94. The monoisotopic (exact) mass is 397 g/mol. The van der Waals surface area contributed by atoms with Gasteiger partial charge in [0.15, 0.2) is 0 Å². The van der Waals surface area contributed by atoms with Crippen molar-refractivity contribution in [1.82, 2.24) is 16.0 Å². The van der Waals surface area contributed by atoms with Gasteiger partial charge in [-0.2, -0.15) is 0 Å². The molecule has 0 radical (unpaired) electrons. The number of hydrogen-bond acceptors (Lipinski definition) is 3. The first-order valence-corrected chi connectivity index (χ1v) is 10.8. The van der Waals surface area contributed by atoms with Gasteiger partial charge >= 0.3 is 0 Å². The normalized spacial score (nSPS) is 38.2. The molecular formula is C21H36ClN3O2. The van der Waals surface area contributed by atoms with Crippen LogP contribution in [-0.4, -0.2) is 37.0 Å². The number of halogens is 1. The number of hydrogen-bond donors (Lipinski definition) is 3. The number of rotatable bonds is 5. The van der Waals surface area contributed by atoms with E-state index in [0.29, 0.717) is 0 Å². The van der Waals surface area contributed by atoms with Crippen LogP contribution in [0.15, 0.2) is 0 Å². The fourth-order valence-electron chi connectivity index (χ4n) is 6.48. The summed E-state index contributed by atoms with van der Waals surface area (Å²) >= 11 is 0. The third kappa shape index (κ3) is 4.29. The summed E-state index contributed by atoms with van der Waals surface area (Å²) in [5.74, 6) is 2.48. The molecule has 4 aliphatic carbocycles. The van der Waals surface area contributed by atoms with E-state index in [1.54, 1.807) is 0 Å². The first kappa shape index (κ1) is 20.9. The molecule has 0 aromatic carbocycles. The number of nitrogens with one attached hydrogen (secondary N) is 3. The maximum atomic E-state index is 13.3. The lowest BCUT2D eigenvalue weighted by molar-refractivity contribution is -0.149. The molecule has 5 rings (SSSR count). The molecule has 2 atom stereocenters. The fourth-order valence-corrected chi connectivity index (χ4v) is 6.48. The Balaban J connectivity index is 0.00000210. The van der Waals surface area contributed by atoms with E-state index in [9.17, 15) is 9.59 Å². The Morgan fingerprint density at radius 3 is 2.11 bits per heavy atom. The number of piperidine rings is 1. The van der Waals surface area contributed by atoms with Crippen LogP contribution in [0.25, 0.3) is 0 Å². The van der Waals surface area contributed by atoms with E-state index < -0.39 is 6.04 Å². The topological polar surface area (TPSA) is 70.2 Å². The van der Waals surface area contributed by atoms with E-state index in [1.807, 2.05) is 13.8 Å². The van der Waals surface area contributed by atoms with Crippen molar-refractivity contribution in [2.75, 3.05) is 13.1 Å². The average Bonchev–Trinajstić information content (AvgIpc) is 2.58. The molecule has 5 fully saturated rings. The standard InChI is InChI=1S/C21H35N3O2.ClH/c1-13(2)18(19(25)23-17-4-3-5-22-12-17)24-20(26)21-9-14-6-15(10-21)8-16(7-14)11-21;/h13-18,22H,3-12H2,1-2H3,(H,23,25)(H,24,26);1H/t14?,15?,16?,17-,18?,21?;/m0./s1. The smallest absolute Gasteiger partial charge is 0.243 e. The van der Waals surface area contributed by atoms with Crippen molar-refractivity contribution in [3.8, 4) is 0 Å². The fraction of sp³-hybridized carbons (Fsp3) is 0.905. The highest BCUT2D eigenvalue weighted by molar-refractivity contribution is 5.90. The predicted octanol–water partition coefficient (Wildman–Crippen LogP) is 2.63. The van der Waals surface area contributed by atoms with Crippen molar-refractivity contribution >= 4 is 24.2 Å². The molecule has 27 heavy (non-hydrogen) atoms. The van der Waals surface area contributed by atoms with Crippen molar-refractivity contribution in [3.05, 3.63) is 0 Å². The highest BCUT2D eigenvalue weighted by Gasteiger charge is 2.55. The van der Waals surface area contributed by atoms with Gasteiger partial charge in [-0.1, -0.05) is 13.8 Å². The summed E-state index contributed by atoms with van der Waals surface area (Å²) in [6, 6.07) is -0.230. The zero-order valence-electron chi connectivity index (χ0n) is 16.8. The van der Waals surface area contributed by atoms with E-state index in [-0.39, 0.29) is 41.6 Å². The van der Waals surface area contributed by atoms with Crippen LogP contribution in [-0.2, 0) is 9.59 Å². The van der Waals surface area contributed by atoms with Gasteiger partial charge in [-0.25, -0.2) is 0 Å². The Morgan fingerprint density at radius 2 is 1.63 bits per heavy atom. The minimum Gasteiger partial charge on any atom is -0.350 e. The molecule has 3 N–H and O–H groups in total. The van der Waals surface area contributed by atoms with Crippen LogP contribution in [0.1, 0.15) is 65.2 Å². The molecule has 1 saturated heterocycles. The quantitative estimate of drug-likeness (QED) is 0.667. The van der Waals surface area contributed by atoms with Crippen LogP contribution >= 0.6 is 12.4 Å². The van der Waals surface area contributed by atoms with E-state index in [4.69, 9.17) is 0 Å². The van der Waals surface area contributed by atoms with Gasteiger partial charge in [-0.15, -0.1) is 12.4 Å². The van der Waals surface area contributed by atoms with Gasteiger partial charge in [0, 0.05) is 18.0 Å². The van der Waals surface area contributed by atoms with Crippen LogP contribution in [0.2, 0.25) is 0 Å². The maximum absolute atomic E-state index is 13.3. The highest BCUT2D eigenvalue weighted by atomic mass is 35.5. The van der Waals surface area contributed by atoms with Crippen molar-refractivity contribution in [3.63, 3.8) is 0 Å². The van der Waals surface area contributed by atoms with Crippen LogP contribution in [0.3, 0.4) is 0 Å². The van der Waals surface area contributed by atoms with Gasteiger partial charge in [-0.3, -0.25) is 9.59 Å². The summed E-state index contributed by atoms with van der Waals surface area (Å²) in [6.07, 6.45) is 9.24. The minimum atomic E-state index is -0.419. The van der Waals surface area contributed by atoms with Gasteiger partial charge < -0.3 is 16.0 Å². The zero-order valence-corrected chi connectivity index (χ0v) is 17.6. The van der Waals surface area contributed by atoms with Crippen molar-refractivity contribution in [2.45, 2.75) is 77.3 Å². The van der Waals surface area contributed by atoms with E-state index >= 15 is 0 Å². The summed E-state index contributed by atoms with van der Waals surface area (Å²) in [6.45, 7) is 5.93. The molecule has 5 aliphatic rings. The Hall–Kier alpha value is -0.810. The van der Waals surface area contributed by atoms with Crippen molar-refractivity contribution in [1.29, 1.82) is 0 Å². The second kappa shape index (κ2) is 8.28. The molecule has 154 valence electrons. The maximum Gasteiger partial charge on any atom is 0.243 e. The third-order valence-electron chi connectivity index (χ3n) is 7.40. The predicted molar refractivity (Wildman–Crippen MR) is 109 cm³/mol. The molecule has 0 aromatic heterocycles. The molecule has 6 heteroatoms. The molecule has 1 aliphatic heterocycles. The molecule has 5 nitrogen and oxygen atoms in total. The van der Waals surface area contributed by atoms with Gasteiger partial charge in [0.1, 0.15) is 6.04 Å². The number of carbonyl (C=O) groups excluding carboxylic acids is 2. The first-order valence-electron chi connectivity index (χ1n) is 10.8. The third-order valence-corrected chi connectivity index (χ3v) is 7.40. The Morgan fingerprint density at radius 1 is 1.04 bits per heavy atom. The summed E-state index contributed by atoms with van der Waals surface area (Å²) in [5.41, 5.74) is -0.186. The summed E-state index contributed by atoms with van der Waals surface area (Å²) < 4.78 is 0. The lowest BCUT2D eigenvalue weighted by Gasteiger charge is -2.55. The molecule has 1 unspecified atom stereocenters. The van der Waals surface area contributed by atoms with Crippen molar-refractivity contribution in [2.24, 2.45) is 29.1 Å². The Kier molecular flexibility index (Phi) is 6.41. The summed E-state index contributed by atoms with van der Waals surface area (Å²) in [5, 5.41) is 9.69. The molecule has 4 bridgehead atoms. The highest BCUT2D eigenvalue weighted by Crippen LogP contribution is 2.60. The molecule has 1 heterocycles. The first-order chi connectivity index (χ1) is 12.4. The molecule has 4 saturated carbocycles. The van der Waals surface area contributed by atoms with E-state index in [2.05, 4.69) is 16.0 Å². The van der Waals surface area contributed by atoms with Gasteiger partial charge in [0.05, 0.1) is 0 Å². The largest absolute Gasteiger partial charge is 0.350 e. The van der Waals surface area contributed by atoms with Crippen LogP contribution in [0.5, 0.6) is 0 Å². The van der Waals surface area contributed by atoms with Gasteiger partial charge in [0.2, 0.25) is 11.8 Å². The van der Waals surface area contributed by atoms with Crippen LogP contribution in [0.4, 0.5) is 0 Å². The van der Waals surface area contributed by atoms with Gasteiger partial charge in [0.25, 0.3) is 0 Å². The Labute approximate surface area is 169 Å². The average molecular weight is 398 g/mol. The molecular weight excluding hydrogens is 362 g/mol. The lowest BCUT2D eigenvalue weighted by Crippen LogP contribution is -2.59. The SMILES string of the molecule is CC(C)C(NC(=O)C12CC3CC(CC(C3)C1)C2)C(=O)N[C@H]1CCCNC1.Cl. The second-order valence-electron chi connectivity index (χ2n) is 9.94. The Bertz CT molecular complexity index is 524. The number of amides is 2. The number of carbonyl (C=O) groups is 2. The lowest BCUT2D eigenvalue weighted by atomic mass is 9.49. The molecule has 2 amide bonds. The zero-order chi connectivity index (χ0) is 18.3. The minimum absolute atomic E-state index is 0. The van der Waals surface area contributed by atoms with Crippen molar-refractivity contribution < 1.29 is 9.59 Å². The van der Waals surface area contributed by atoms with E-state index in [0.717, 1.165) is 62.9 Å². The van der Waals surface area contributed by atoms with Gasteiger partial charge in [-0.05, 0) is 81.6 Å². The van der Waals surface area contributed by atoms with Crippen LogP contribution < -0.4 is 16.0 Å². The summed E-state index contributed by atoms with van der Waals surface area (Å²) in [4.78, 5) is 26.2. The van der Waals surface area contributed by atoms with E-state index in [1.165, 1.54) is 19.3 Å². The van der Waals surface area contributed by atoms with Crippen LogP contribution in [0, 0.1) is 29.1 Å². The molecule has 0 aromatic rings. The molecule has 0 spiro atoms. The summed E-state index contributed by atoms with van der Waals surface area (Å²) in [7, 11) is 0.